The first-order valence-electron chi connectivity index (χ1n) is 5.77. The Morgan fingerprint density at radius 3 is 3.00 bits per heavy atom. The molecule has 1 saturated heterocycles. The van der Waals surface area contributed by atoms with E-state index in [0.29, 0.717) is 17.9 Å². The van der Waals surface area contributed by atoms with Crippen LogP contribution in [0.2, 0.25) is 0 Å². The lowest BCUT2D eigenvalue weighted by molar-refractivity contribution is -0.115. The van der Waals surface area contributed by atoms with E-state index in [2.05, 4.69) is 10.3 Å². The van der Waals surface area contributed by atoms with Gasteiger partial charge in [0, 0.05) is 12.2 Å². The summed E-state index contributed by atoms with van der Waals surface area (Å²) in [5, 5.41) is 2.74. The first kappa shape index (κ1) is 11.5. The predicted octanol–water partition coefficient (Wildman–Crippen LogP) is 0.0272. The van der Waals surface area contributed by atoms with Crippen LogP contribution in [0.4, 0.5) is 11.5 Å². The minimum atomic E-state index is -2.97. The molecule has 1 aromatic heterocycles. The quantitative estimate of drug-likeness (QED) is 0.776. The Morgan fingerprint density at radius 1 is 1.44 bits per heavy atom. The van der Waals surface area contributed by atoms with Gasteiger partial charge in [0.2, 0.25) is 5.91 Å². The molecule has 2 aliphatic rings. The normalized spacial score (nSPS) is 25.7. The monoisotopic (exact) mass is 267 g/mol. The molecule has 1 N–H and O–H groups in total. The number of rotatable bonds is 1. The van der Waals surface area contributed by atoms with Gasteiger partial charge in [0.15, 0.2) is 15.7 Å². The predicted molar refractivity (Wildman–Crippen MR) is 67.3 cm³/mol. The molecule has 18 heavy (non-hydrogen) atoms. The number of hydrogen-bond donors (Lipinski definition) is 1. The van der Waals surface area contributed by atoms with Crippen LogP contribution in [0.3, 0.4) is 0 Å². The summed E-state index contributed by atoms with van der Waals surface area (Å²) in [6, 6.07) is 3.37. The summed E-state index contributed by atoms with van der Waals surface area (Å²) in [6.07, 6.45) is 2.21. The second-order valence-electron chi connectivity index (χ2n) is 4.61. The van der Waals surface area contributed by atoms with E-state index >= 15 is 0 Å². The van der Waals surface area contributed by atoms with E-state index in [9.17, 15) is 13.2 Å². The van der Waals surface area contributed by atoms with Crippen LogP contribution >= 0.6 is 0 Å². The lowest BCUT2D eigenvalue weighted by Crippen LogP contribution is -2.45. The van der Waals surface area contributed by atoms with Crippen LogP contribution in [0.15, 0.2) is 18.3 Å². The van der Waals surface area contributed by atoms with Gasteiger partial charge in [0.05, 0.1) is 23.7 Å². The van der Waals surface area contributed by atoms with Gasteiger partial charge in [-0.1, -0.05) is 0 Å². The molecule has 1 amide bonds. The van der Waals surface area contributed by atoms with Gasteiger partial charge in [-0.3, -0.25) is 4.79 Å². The Kier molecular flexibility index (Phi) is 2.51. The van der Waals surface area contributed by atoms with Crippen LogP contribution in [-0.2, 0) is 14.6 Å². The molecule has 1 aromatic rings. The van der Waals surface area contributed by atoms with Crippen LogP contribution in [0.1, 0.15) is 6.42 Å². The lowest BCUT2D eigenvalue weighted by Gasteiger charge is -2.33. The molecule has 1 unspecified atom stereocenters. The Bertz CT molecular complexity index is 599. The number of amides is 1. The fourth-order valence-electron chi connectivity index (χ4n) is 2.47. The van der Waals surface area contributed by atoms with E-state index < -0.39 is 9.84 Å². The van der Waals surface area contributed by atoms with Crippen LogP contribution in [-0.4, -0.2) is 43.4 Å². The van der Waals surface area contributed by atoms with Gasteiger partial charge in [0.25, 0.3) is 0 Å². The first-order chi connectivity index (χ1) is 8.55. The molecule has 6 nitrogen and oxygen atoms in total. The number of hydrogen-bond acceptors (Lipinski definition) is 5. The van der Waals surface area contributed by atoms with E-state index in [4.69, 9.17) is 0 Å². The number of anilines is 2. The number of nitrogens with one attached hydrogen (secondary N) is 1. The molecule has 96 valence electrons. The molecule has 0 aliphatic carbocycles. The number of fused-ring (bicyclic) bond motifs is 1. The maximum Gasteiger partial charge on any atom is 0.244 e. The van der Waals surface area contributed by atoms with E-state index in [-0.39, 0.29) is 30.0 Å². The molecule has 3 rings (SSSR count). The Morgan fingerprint density at radius 2 is 2.28 bits per heavy atom. The summed E-state index contributed by atoms with van der Waals surface area (Å²) in [7, 11) is -2.97. The standard InChI is InChI=1S/C11H13N3O3S/c15-10-6-14(8-3-5-18(16,17)7-8)11-9(13-10)2-1-4-12-11/h1-2,4,8H,3,5-7H2,(H,13,15). The molecule has 0 spiro atoms. The van der Waals surface area contributed by atoms with Crippen molar-refractivity contribution in [1.29, 1.82) is 0 Å². The van der Waals surface area contributed by atoms with Crippen molar-refractivity contribution in [3.63, 3.8) is 0 Å². The van der Waals surface area contributed by atoms with Gasteiger partial charge in [-0.2, -0.15) is 0 Å². The molecule has 2 aliphatic heterocycles. The molecular weight excluding hydrogens is 254 g/mol. The summed E-state index contributed by atoms with van der Waals surface area (Å²) in [4.78, 5) is 17.7. The third-order valence-electron chi connectivity index (χ3n) is 3.30. The summed E-state index contributed by atoms with van der Waals surface area (Å²) in [5.41, 5.74) is 0.651. The number of carbonyl (C=O) groups excluding carboxylic acids is 1. The van der Waals surface area contributed by atoms with Crippen molar-refractivity contribution in [2.45, 2.75) is 12.5 Å². The number of aromatic nitrogens is 1. The minimum absolute atomic E-state index is 0.107. The van der Waals surface area contributed by atoms with Gasteiger partial charge in [-0.05, 0) is 18.6 Å². The van der Waals surface area contributed by atoms with Crippen LogP contribution in [0, 0.1) is 0 Å². The molecule has 7 heteroatoms. The summed E-state index contributed by atoms with van der Waals surface area (Å²) in [5.74, 6) is 0.841. The zero-order valence-corrected chi connectivity index (χ0v) is 10.5. The number of pyridine rings is 1. The van der Waals surface area contributed by atoms with Crippen LogP contribution < -0.4 is 10.2 Å². The zero-order valence-electron chi connectivity index (χ0n) is 9.67. The van der Waals surface area contributed by atoms with Crippen molar-refractivity contribution >= 4 is 27.2 Å². The van der Waals surface area contributed by atoms with Crippen molar-refractivity contribution in [3.05, 3.63) is 18.3 Å². The molecule has 0 bridgehead atoms. The zero-order chi connectivity index (χ0) is 12.8. The molecule has 3 heterocycles. The molecule has 0 radical (unpaired) electrons. The second-order valence-corrected chi connectivity index (χ2v) is 6.84. The summed E-state index contributed by atoms with van der Waals surface area (Å²) in [6.45, 7) is 0.171. The van der Waals surface area contributed by atoms with Crippen molar-refractivity contribution in [1.82, 2.24) is 4.98 Å². The van der Waals surface area contributed by atoms with Gasteiger partial charge in [-0.15, -0.1) is 0 Å². The number of nitrogens with zero attached hydrogens (tertiary/aromatic N) is 2. The van der Waals surface area contributed by atoms with Crippen LogP contribution in [0.25, 0.3) is 0 Å². The van der Waals surface area contributed by atoms with E-state index in [1.165, 1.54) is 0 Å². The summed E-state index contributed by atoms with van der Waals surface area (Å²) < 4.78 is 23.1. The van der Waals surface area contributed by atoms with E-state index in [1.54, 1.807) is 23.2 Å². The molecule has 0 saturated carbocycles. The average molecular weight is 267 g/mol. The molecule has 1 fully saturated rings. The highest BCUT2D eigenvalue weighted by Crippen LogP contribution is 2.31. The fraction of sp³-hybridized carbons (Fsp3) is 0.455. The topological polar surface area (TPSA) is 79.4 Å². The SMILES string of the molecule is O=C1CN(C2CCS(=O)(=O)C2)c2ncccc2N1. The first-order valence-corrected chi connectivity index (χ1v) is 7.59. The van der Waals surface area contributed by atoms with Gasteiger partial charge in [0.1, 0.15) is 0 Å². The number of sulfone groups is 1. The fourth-order valence-corrected chi connectivity index (χ4v) is 4.20. The van der Waals surface area contributed by atoms with Crippen molar-refractivity contribution in [3.8, 4) is 0 Å². The maximum atomic E-state index is 11.6. The average Bonchev–Trinajstić information content (AvgIpc) is 2.68. The third-order valence-corrected chi connectivity index (χ3v) is 5.05. The highest BCUT2D eigenvalue weighted by Gasteiger charge is 2.36. The highest BCUT2D eigenvalue weighted by molar-refractivity contribution is 7.91. The van der Waals surface area contributed by atoms with Crippen molar-refractivity contribution in [2.24, 2.45) is 0 Å². The maximum absolute atomic E-state index is 11.6. The second kappa shape index (κ2) is 3.94. The van der Waals surface area contributed by atoms with Gasteiger partial charge in [-0.25, -0.2) is 13.4 Å². The number of carbonyl (C=O) groups is 1. The Labute approximate surface area is 105 Å². The summed E-state index contributed by atoms with van der Waals surface area (Å²) >= 11 is 0. The van der Waals surface area contributed by atoms with E-state index in [0.717, 1.165) is 0 Å². The highest BCUT2D eigenvalue weighted by atomic mass is 32.2. The van der Waals surface area contributed by atoms with Gasteiger partial charge >= 0.3 is 0 Å². The smallest absolute Gasteiger partial charge is 0.244 e. The molecule has 0 aromatic carbocycles. The third kappa shape index (κ3) is 1.94. The van der Waals surface area contributed by atoms with Crippen LogP contribution in [0.5, 0.6) is 0 Å². The van der Waals surface area contributed by atoms with Crippen molar-refractivity contribution in [2.75, 3.05) is 28.3 Å². The Balaban J connectivity index is 1.96. The largest absolute Gasteiger partial charge is 0.342 e. The van der Waals surface area contributed by atoms with E-state index in [1.807, 2.05) is 0 Å². The lowest BCUT2D eigenvalue weighted by atomic mass is 10.2. The van der Waals surface area contributed by atoms with Crippen molar-refractivity contribution < 1.29 is 13.2 Å². The van der Waals surface area contributed by atoms with Gasteiger partial charge < -0.3 is 10.2 Å². The molecule has 1 atom stereocenters. The molecular formula is C11H13N3O3S. The Hall–Kier alpha value is -1.63. The minimum Gasteiger partial charge on any atom is -0.342 e.